The van der Waals surface area contributed by atoms with E-state index >= 15 is 0 Å². The highest BCUT2D eigenvalue weighted by molar-refractivity contribution is 5.46. The first kappa shape index (κ1) is 13.0. The normalized spacial score (nSPS) is 25.0. The van der Waals surface area contributed by atoms with Gasteiger partial charge in [-0.1, -0.05) is 44.7 Å². The minimum absolute atomic E-state index is 0.653. The average Bonchev–Trinajstić information content (AvgIpc) is 2.46. The van der Waals surface area contributed by atoms with Crippen molar-refractivity contribution >= 4 is 5.69 Å². The van der Waals surface area contributed by atoms with Crippen LogP contribution in [0.15, 0.2) is 24.3 Å². The van der Waals surface area contributed by atoms with E-state index in [2.05, 4.69) is 36.5 Å². The minimum Gasteiger partial charge on any atom is -0.382 e. The van der Waals surface area contributed by atoms with Crippen LogP contribution < -0.4 is 5.32 Å². The van der Waals surface area contributed by atoms with Crippen LogP contribution in [-0.4, -0.2) is 6.04 Å². The standard InChI is InChI=1S/C18H27N/c1-2-6-15-7-9-16(10-8-15)19-17-11-14-18(17)12-4-3-5-13-18/h7-10,17,19H,2-6,11-14H2,1H3. The third-order valence-electron chi connectivity index (χ3n) is 5.35. The lowest BCUT2D eigenvalue weighted by Crippen LogP contribution is -2.50. The van der Waals surface area contributed by atoms with Gasteiger partial charge in [0.05, 0.1) is 0 Å². The molecule has 0 amide bonds. The van der Waals surface area contributed by atoms with E-state index in [4.69, 9.17) is 0 Å². The zero-order valence-corrected chi connectivity index (χ0v) is 12.3. The van der Waals surface area contributed by atoms with E-state index in [0.717, 1.165) is 6.04 Å². The van der Waals surface area contributed by atoms with Crippen LogP contribution in [-0.2, 0) is 6.42 Å². The molecule has 1 unspecified atom stereocenters. The number of nitrogens with one attached hydrogen (secondary N) is 1. The summed E-state index contributed by atoms with van der Waals surface area (Å²) >= 11 is 0. The first-order valence-electron chi connectivity index (χ1n) is 8.18. The molecule has 1 spiro atoms. The predicted octanol–water partition coefficient (Wildman–Crippen LogP) is 5.16. The fraction of sp³-hybridized carbons (Fsp3) is 0.667. The van der Waals surface area contributed by atoms with Crippen LogP contribution >= 0.6 is 0 Å². The molecule has 0 radical (unpaired) electrons. The molecule has 1 aromatic rings. The van der Waals surface area contributed by atoms with E-state index in [1.165, 1.54) is 69.0 Å². The number of rotatable bonds is 4. The lowest BCUT2D eigenvalue weighted by molar-refractivity contribution is 0.0571. The largest absolute Gasteiger partial charge is 0.382 e. The summed E-state index contributed by atoms with van der Waals surface area (Å²) in [5.41, 5.74) is 3.45. The summed E-state index contributed by atoms with van der Waals surface area (Å²) in [6.45, 7) is 2.24. The second-order valence-corrected chi connectivity index (χ2v) is 6.61. The van der Waals surface area contributed by atoms with Crippen LogP contribution in [0.2, 0.25) is 0 Å². The smallest absolute Gasteiger partial charge is 0.0342 e. The molecular weight excluding hydrogens is 230 g/mol. The quantitative estimate of drug-likeness (QED) is 0.785. The summed E-state index contributed by atoms with van der Waals surface area (Å²) in [7, 11) is 0. The van der Waals surface area contributed by atoms with Gasteiger partial charge in [0.1, 0.15) is 0 Å². The molecule has 1 N–H and O–H groups in total. The Kier molecular flexibility index (Phi) is 3.81. The van der Waals surface area contributed by atoms with Gasteiger partial charge in [0.2, 0.25) is 0 Å². The van der Waals surface area contributed by atoms with Gasteiger partial charge in [0.25, 0.3) is 0 Å². The van der Waals surface area contributed by atoms with Crippen molar-refractivity contribution in [2.45, 2.75) is 70.8 Å². The molecule has 0 heterocycles. The molecule has 1 heteroatoms. The molecule has 3 rings (SSSR count). The Morgan fingerprint density at radius 3 is 2.37 bits per heavy atom. The molecule has 2 fully saturated rings. The first-order chi connectivity index (χ1) is 9.32. The van der Waals surface area contributed by atoms with Gasteiger partial charge in [0.15, 0.2) is 0 Å². The third kappa shape index (κ3) is 2.66. The summed E-state index contributed by atoms with van der Waals surface area (Å²) in [4.78, 5) is 0. The molecule has 2 aliphatic carbocycles. The molecule has 0 bridgehead atoms. The maximum absolute atomic E-state index is 3.81. The molecule has 1 atom stereocenters. The highest BCUT2D eigenvalue weighted by Crippen LogP contribution is 2.52. The summed E-state index contributed by atoms with van der Waals surface area (Å²) in [6.07, 6.45) is 12.5. The molecule has 1 aromatic carbocycles. The predicted molar refractivity (Wildman–Crippen MR) is 82.6 cm³/mol. The van der Waals surface area contributed by atoms with Gasteiger partial charge in [-0.05, 0) is 55.2 Å². The zero-order chi connectivity index (χ0) is 13.1. The molecule has 0 aromatic heterocycles. The lowest BCUT2D eigenvalue weighted by atomic mass is 9.57. The second kappa shape index (κ2) is 5.56. The van der Waals surface area contributed by atoms with Crippen LogP contribution in [0.3, 0.4) is 0 Å². The van der Waals surface area contributed by atoms with Crippen molar-refractivity contribution in [1.29, 1.82) is 0 Å². The van der Waals surface area contributed by atoms with E-state index in [1.54, 1.807) is 0 Å². The maximum Gasteiger partial charge on any atom is 0.0342 e. The zero-order valence-electron chi connectivity index (χ0n) is 12.3. The van der Waals surface area contributed by atoms with Crippen LogP contribution in [0.4, 0.5) is 5.69 Å². The lowest BCUT2D eigenvalue weighted by Gasteiger charge is -2.52. The Labute approximate surface area is 117 Å². The van der Waals surface area contributed by atoms with Gasteiger partial charge < -0.3 is 5.32 Å². The molecule has 0 aliphatic heterocycles. The van der Waals surface area contributed by atoms with Gasteiger partial charge in [-0.2, -0.15) is 0 Å². The van der Waals surface area contributed by atoms with Gasteiger partial charge in [-0.3, -0.25) is 0 Å². The van der Waals surface area contributed by atoms with Crippen molar-refractivity contribution in [3.05, 3.63) is 29.8 Å². The molecule has 2 aliphatic rings. The van der Waals surface area contributed by atoms with E-state index in [1.807, 2.05) is 0 Å². The van der Waals surface area contributed by atoms with Crippen LogP contribution in [0, 0.1) is 5.41 Å². The van der Waals surface area contributed by atoms with Crippen LogP contribution in [0.25, 0.3) is 0 Å². The fourth-order valence-electron chi connectivity index (χ4n) is 4.03. The van der Waals surface area contributed by atoms with Gasteiger partial charge in [-0.25, -0.2) is 0 Å². The average molecular weight is 257 g/mol. The highest BCUT2D eigenvalue weighted by atomic mass is 15.0. The molecule has 2 saturated carbocycles. The van der Waals surface area contributed by atoms with Gasteiger partial charge >= 0.3 is 0 Å². The molecular formula is C18H27N. The fourth-order valence-corrected chi connectivity index (χ4v) is 4.03. The summed E-state index contributed by atoms with van der Waals surface area (Å²) < 4.78 is 0. The number of hydrogen-bond acceptors (Lipinski definition) is 1. The van der Waals surface area contributed by atoms with Gasteiger partial charge in [-0.15, -0.1) is 0 Å². The third-order valence-corrected chi connectivity index (χ3v) is 5.35. The number of anilines is 1. The van der Waals surface area contributed by atoms with Crippen molar-refractivity contribution in [1.82, 2.24) is 0 Å². The Hall–Kier alpha value is -0.980. The second-order valence-electron chi connectivity index (χ2n) is 6.61. The van der Waals surface area contributed by atoms with Crippen LogP contribution in [0.5, 0.6) is 0 Å². The molecule has 104 valence electrons. The van der Waals surface area contributed by atoms with E-state index in [0.29, 0.717) is 5.41 Å². The van der Waals surface area contributed by atoms with Crippen molar-refractivity contribution < 1.29 is 0 Å². The Balaban J connectivity index is 1.61. The van der Waals surface area contributed by atoms with Crippen molar-refractivity contribution in [2.24, 2.45) is 5.41 Å². The van der Waals surface area contributed by atoms with Crippen molar-refractivity contribution in [2.75, 3.05) is 5.32 Å². The number of hydrogen-bond donors (Lipinski definition) is 1. The topological polar surface area (TPSA) is 12.0 Å². The van der Waals surface area contributed by atoms with E-state index in [-0.39, 0.29) is 0 Å². The molecule has 1 nitrogen and oxygen atoms in total. The van der Waals surface area contributed by atoms with Crippen molar-refractivity contribution in [3.8, 4) is 0 Å². The SMILES string of the molecule is CCCc1ccc(NC2CCC23CCCCC3)cc1. The van der Waals surface area contributed by atoms with Crippen LogP contribution in [0.1, 0.15) is 63.9 Å². The summed E-state index contributed by atoms with van der Waals surface area (Å²) in [5.74, 6) is 0. The summed E-state index contributed by atoms with van der Waals surface area (Å²) in [6, 6.07) is 9.88. The monoisotopic (exact) mass is 257 g/mol. The molecule has 19 heavy (non-hydrogen) atoms. The first-order valence-corrected chi connectivity index (χ1v) is 8.18. The number of aryl methyl sites for hydroxylation is 1. The Bertz CT molecular complexity index is 400. The maximum atomic E-state index is 3.81. The Morgan fingerprint density at radius 1 is 1.05 bits per heavy atom. The van der Waals surface area contributed by atoms with Gasteiger partial charge in [0, 0.05) is 11.7 Å². The minimum atomic E-state index is 0.653. The molecule has 0 saturated heterocycles. The van der Waals surface area contributed by atoms with E-state index < -0.39 is 0 Å². The van der Waals surface area contributed by atoms with Crippen molar-refractivity contribution in [3.63, 3.8) is 0 Å². The Morgan fingerprint density at radius 2 is 1.79 bits per heavy atom. The highest BCUT2D eigenvalue weighted by Gasteiger charge is 2.46. The van der Waals surface area contributed by atoms with E-state index in [9.17, 15) is 0 Å². The summed E-state index contributed by atoms with van der Waals surface area (Å²) in [5, 5.41) is 3.81. The number of benzene rings is 1.